The molecule has 31 heavy (non-hydrogen) atoms. The molecule has 8 heteroatoms. The molecule has 1 aromatic carbocycles. The maximum atomic E-state index is 12.9. The second kappa shape index (κ2) is 8.04. The molecule has 0 unspecified atom stereocenters. The van der Waals surface area contributed by atoms with Crippen LogP contribution in [-0.2, 0) is 4.79 Å². The van der Waals surface area contributed by atoms with Crippen molar-refractivity contribution >= 4 is 40.2 Å². The normalized spacial score (nSPS) is 21.8. The Kier molecular flexibility index (Phi) is 5.22. The Morgan fingerprint density at radius 1 is 1.26 bits per heavy atom. The summed E-state index contributed by atoms with van der Waals surface area (Å²) in [6.45, 7) is 2.06. The van der Waals surface area contributed by atoms with E-state index in [1.54, 1.807) is 24.0 Å². The van der Waals surface area contributed by atoms with Gasteiger partial charge in [-0.25, -0.2) is 0 Å². The molecule has 1 spiro atoms. The summed E-state index contributed by atoms with van der Waals surface area (Å²) < 4.78 is 0. The topological polar surface area (TPSA) is 89.3 Å². The van der Waals surface area contributed by atoms with Gasteiger partial charge in [0.05, 0.1) is 29.6 Å². The number of amides is 2. The van der Waals surface area contributed by atoms with Gasteiger partial charge in [-0.2, -0.15) is 5.26 Å². The fourth-order valence-electron chi connectivity index (χ4n) is 5.06. The number of pyridine rings is 1. The summed E-state index contributed by atoms with van der Waals surface area (Å²) in [5.41, 5.74) is 2.90. The van der Waals surface area contributed by atoms with Gasteiger partial charge in [0.25, 0.3) is 5.91 Å². The molecule has 3 heterocycles. The minimum Gasteiger partial charge on any atom is -0.370 e. The fourth-order valence-corrected chi connectivity index (χ4v) is 6.17. The summed E-state index contributed by atoms with van der Waals surface area (Å²) in [7, 11) is 0. The number of nitrogens with zero attached hydrogens (tertiary/aromatic N) is 4. The number of carbonyl (C=O) groups excluding carboxylic acids is 2. The lowest BCUT2D eigenvalue weighted by atomic mass is 9.78. The van der Waals surface area contributed by atoms with Crippen molar-refractivity contribution in [3.63, 3.8) is 0 Å². The van der Waals surface area contributed by atoms with Gasteiger partial charge in [-0.1, -0.05) is 12.8 Å². The first kappa shape index (κ1) is 20.1. The molecule has 2 aromatic rings. The lowest BCUT2D eigenvalue weighted by molar-refractivity contribution is -0.129. The molecule has 3 aliphatic rings. The van der Waals surface area contributed by atoms with Crippen LogP contribution in [0, 0.1) is 16.7 Å². The molecule has 2 amide bonds. The van der Waals surface area contributed by atoms with Crippen molar-refractivity contribution in [2.45, 2.75) is 31.7 Å². The van der Waals surface area contributed by atoms with E-state index in [-0.39, 0.29) is 18.4 Å². The molecule has 1 aliphatic carbocycles. The summed E-state index contributed by atoms with van der Waals surface area (Å²) in [6.07, 6.45) is 6.94. The van der Waals surface area contributed by atoms with E-state index in [9.17, 15) is 9.59 Å². The SMILES string of the molecule is N#C[C@@H]1CSCN1C(=O)CNC(=O)c1ccnc2ccc(N3CC4(CCCC4)C3)cc12. The Morgan fingerprint density at radius 2 is 2.06 bits per heavy atom. The smallest absolute Gasteiger partial charge is 0.252 e. The van der Waals surface area contributed by atoms with Crippen LogP contribution in [0.15, 0.2) is 30.5 Å². The molecule has 0 radical (unpaired) electrons. The Hall–Kier alpha value is -2.79. The number of fused-ring (bicyclic) bond motifs is 1. The van der Waals surface area contributed by atoms with Crippen LogP contribution >= 0.6 is 11.8 Å². The predicted octanol–water partition coefficient (Wildman–Crippen LogP) is 2.77. The van der Waals surface area contributed by atoms with Gasteiger partial charge in [0, 0.05) is 41.5 Å². The van der Waals surface area contributed by atoms with Gasteiger partial charge in [0.2, 0.25) is 5.91 Å². The average Bonchev–Trinajstić information content (AvgIpc) is 3.45. The Bertz CT molecular complexity index is 1070. The largest absolute Gasteiger partial charge is 0.370 e. The van der Waals surface area contributed by atoms with Crippen LogP contribution in [0.2, 0.25) is 0 Å². The van der Waals surface area contributed by atoms with E-state index in [1.807, 2.05) is 12.1 Å². The van der Waals surface area contributed by atoms with Gasteiger partial charge >= 0.3 is 0 Å². The number of hydrogen-bond acceptors (Lipinski definition) is 6. The molecule has 3 fully saturated rings. The second-order valence-corrected chi connectivity index (χ2v) is 9.81. The summed E-state index contributed by atoms with van der Waals surface area (Å²) in [5.74, 6) is 0.581. The van der Waals surface area contributed by atoms with Crippen LogP contribution in [-0.4, -0.2) is 59.0 Å². The third-order valence-corrected chi connectivity index (χ3v) is 7.82. The summed E-state index contributed by atoms with van der Waals surface area (Å²) in [6, 6.07) is 9.51. The molecule has 160 valence electrons. The van der Waals surface area contributed by atoms with Gasteiger partial charge in [0.15, 0.2) is 0 Å². The summed E-state index contributed by atoms with van der Waals surface area (Å²) in [4.78, 5) is 33.7. The van der Waals surface area contributed by atoms with E-state index in [1.165, 1.54) is 30.6 Å². The minimum atomic E-state index is -0.418. The highest BCUT2D eigenvalue weighted by atomic mass is 32.2. The van der Waals surface area contributed by atoms with Crippen LogP contribution in [0.1, 0.15) is 36.0 Å². The first-order valence-electron chi connectivity index (χ1n) is 10.8. The van der Waals surface area contributed by atoms with E-state index in [0.29, 0.717) is 22.6 Å². The van der Waals surface area contributed by atoms with E-state index in [4.69, 9.17) is 5.26 Å². The zero-order valence-electron chi connectivity index (χ0n) is 17.3. The average molecular weight is 436 g/mol. The molecule has 0 bridgehead atoms. The van der Waals surface area contributed by atoms with E-state index < -0.39 is 6.04 Å². The quantitative estimate of drug-likeness (QED) is 0.794. The number of aromatic nitrogens is 1. The third kappa shape index (κ3) is 3.72. The van der Waals surface area contributed by atoms with Gasteiger partial charge < -0.3 is 15.1 Å². The highest BCUT2D eigenvalue weighted by molar-refractivity contribution is 7.99. The van der Waals surface area contributed by atoms with Crippen molar-refractivity contribution < 1.29 is 9.59 Å². The minimum absolute atomic E-state index is 0.115. The highest BCUT2D eigenvalue weighted by Gasteiger charge is 2.44. The highest BCUT2D eigenvalue weighted by Crippen LogP contribution is 2.47. The number of thioether (sulfide) groups is 1. The summed E-state index contributed by atoms with van der Waals surface area (Å²) >= 11 is 1.55. The molecular formula is C23H25N5O2S. The molecular weight excluding hydrogens is 410 g/mol. The van der Waals surface area contributed by atoms with Crippen LogP contribution in [0.25, 0.3) is 10.9 Å². The number of nitrogens with one attached hydrogen (secondary N) is 1. The molecule has 1 saturated carbocycles. The molecule has 2 saturated heterocycles. The number of benzene rings is 1. The molecule has 1 N–H and O–H groups in total. The van der Waals surface area contributed by atoms with Crippen molar-refractivity contribution in [3.05, 3.63) is 36.0 Å². The Balaban J connectivity index is 1.30. The zero-order valence-corrected chi connectivity index (χ0v) is 18.2. The first-order chi connectivity index (χ1) is 15.1. The molecule has 1 aromatic heterocycles. The lowest BCUT2D eigenvalue weighted by Crippen LogP contribution is -2.55. The molecule has 5 rings (SSSR count). The molecule has 2 aliphatic heterocycles. The number of hydrogen-bond donors (Lipinski definition) is 1. The van der Waals surface area contributed by atoms with Crippen LogP contribution in [0.3, 0.4) is 0 Å². The zero-order chi connectivity index (χ0) is 21.4. The van der Waals surface area contributed by atoms with Crippen LogP contribution < -0.4 is 10.2 Å². The fraction of sp³-hybridized carbons (Fsp3) is 0.478. The van der Waals surface area contributed by atoms with Crippen molar-refractivity contribution in [3.8, 4) is 6.07 Å². The number of carbonyl (C=O) groups is 2. The number of rotatable bonds is 4. The standard InChI is InChI=1S/C23H25N5O2S/c24-10-17-12-31-15-28(17)21(29)11-26-22(30)18-5-8-25-20-4-3-16(9-19(18)20)27-13-23(14-27)6-1-2-7-23/h3-5,8-9,17H,1-2,6-7,11-15H2,(H,26,30)/t17-/m1/s1. The van der Waals surface area contributed by atoms with Crippen LogP contribution in [0.5, 0.6) is 0 Å². The lowest BCUT2D eigenvalue weighted by Gasteiger charge is -2.49. The van der Waals surface area contributed by atoms with Gasteiger partial charge in [0.1, 0.15) is 6.04 Å². The van der Waals surface area contributed by atoms with Gasteiger partial charge in [-0.05, 0) is 37.1 Å². The van der Waals surface area contributed by atoms with Gasteiger partial charge in [-0.3, -0.25) is 14.6 Å². The van der Waals surface area contributed by atoms with E-state index in [2.05, 4.69) is 27.3 Å². The van der Waals surface area contributed by atoms with Crippen LogP contribution in [0.4, 0.5) is 5.69 Å². The number of nitriles is 1. The number of anilines is 1. The summed E-state index contributed by atoms with van der Waals surface area (Å²) in [5, 5.41) is 12.7. The molecule has 1 atom stereocenters. The van der Waals surface area contributed by atoms with Crippen molar-refractivity contribution in [2.75, 3.05) is 36.2 Å². The van der Waals surface area contributed by atoms with Crippen molar-refractivity contribution in [1.29, 1.82) is 5.26 Å². The van der Waals surface area contributed by atoms with E-state index in [0.717, 1.165) is 29.7 Å². The predicted molar refractivity (Wildman–Crippen MR) is 121 cm³/mol. The Labute approximate surface area is 185 Å². The monoisotopic (exact) mass is 435 g/mol. The molecule has 7 nitrogen and oxygen atoms in total. The second-order valence-electron chi connectivity index (χ2n) is 8.81. The maximum Gasteiger partial charge on any atom is 0.252 e. The maximum absolute atomic E-state index is 12.9. The van der Waals surface area contributed by atoms with E-state index >= 15 is 0 Å². The Morgan fingerprint density at radius 3 is 2.84 bits per heavy atom. The van der Waals surface area contributed by atoms with Gasteiger partial charge in [-0.15, -0.1) is 11.8 Å². The van der Waals surface area contributed by atoms with Crippen molar-refractivity contribution in [2.24, 2.45) is 5.41 Å². The van der Waals surface area contributed by atoms with Crippen molar-refractivity contribution in [1.82, 2.24) is 15.2 Å². The first-order valence-corrected chi connectivity index (χ1v) is 11.9. The third-order valence-electron chi connectivity index (χ3n) is 6.80.